The molecule has 1 saturated heterocycles. The lowest BCUT2D eigenvalue weighted by atomic mass is 9.90. The lowest BCUT2D eigenvalue weighted by Gasteiger charge is -2.21. The number of carbonyl (C=O) groups excluding carboxylic acids is 1. The van der Waals surface area contributed by atoms with Gasteiger partial charge in [0.25, 0.3) is 0 Å². The van der Waals surface area contributed by atoms with Crippen LogP contribution in [0.5, 0.6) is 5.75 Å². The number of halogens is 4. The molecule has 112 valence electrons. The number of hydrogen-bond donors (Lipinski definition) is 1. The molecule has 0 spiro atoms. The number of nitrogens with one attached hydrogen (secondary N) is 1. The van der Waals surface area contributed by atoms with Crippen LogP contribution in [0, 0.1) is 5.92 Å². The second kappa shape index (κ2) is 6.95. The second-order valence-corrected chi connectivity index (χ2v) is 4.46. The lowest BCUT2D eigenvalue weighted by molar-refractivity contribution is -0.274. The molecule has 1 fully saturated rings. The Morgan fingerprint density at radius 2 is 1.70 bits per heavy atom. The molecule has 1 aromatic carbocycles. The van der Waals surface area contributed by atoms with Gasteiger partial charge in [0.1, 0.15) is 5.75 Å². The molecule has 0 saturated carbocycles. The quantitative estimate of drug-likeness (QED) is 0.872. The van der Waals surface area contributed by atoms with Crippen molar-refractivity contribution in [2.45, 2.75) is 19.2 Å². The number of rotatable bonds is 3. The van der Waals surface area contributed by atoms with E-state index in [1.54, 1.807) is 0 Å². The highest BCUT2D eigenvalue weighted by Gasteiger charge is 2.31. The first-order valence-corrected chi connectivity index (χ1v) is 6.06. The Morgan fingerprint density at radius 1 is 1.15 bits per heavy atom. The van der Waals surface area contributed by atoms with E-state index in [0.29, 0.717) is 5.56 Å². The van der Waals surface area contributed by atoms with Crippen LogP contribution in [0.4, 0.5) is 13.2 Å². The van der Waals surface area contributed by atoms with Crippen LogP contribution in [0.3, 0.4) is 0 Å². The van der Waals surface area contributed by atoms with Gasteiger partial charge in [0, 0.05) is 11.5 Å². The molecular weight excluding hydrogens is 295 g/mol. The van der Waals surface area contributed by atoms with Crippen molar-refractivity contribution >= 4 is 18.2 Å². The zero-order valence-corrected chi connectivity index (χ0v) is 11.4. The van der Waals surface area contributed by atoms with Crippen molar-refractivity contribution in [1.82, 2.24) is 5.32 Å². The van der Waals surface area contributed by atoms with Crippen molar-refractivity contribution in [3.8, 4) is 5.75 Å². The van der Waals surface area contributed by atoms with Crippen LogP contribution in [-0.4, -0.2) is 25.2 Å². The number of ketones is 1. The number of benzene rings is 1. The minimum atomic E-state index is -4.71. The summed E-state index contributed by atoms with van der Waals surface area (Å²) in [4.78, 5) is 12.1. The predicted octanol–water partition coefficient (Wildman–Crippen LogP) is 3.19. The van der Waals surface area contributed by atoms with E-state index in [0.717, 1.165) is 25.9 Å². The summed E-state index contributed by atoms with van der Waals surface area (Å²) in [7, 11) is 0. The fourth-order valence-electron chi connectivity index (χ4n) is 2.14. The SMILES string of the molecule is Cl.O=C(c1ccc(OC(F)(F)F)cc1)C1CCNCC1. The molecule has 0 amide bonds. The van der Waals surface area contributed by atoms with E-state index in [1.807, 2.05) is 0 Å². The Balaban J connectivity index is 0.00000200. The summed E-state index contributed by atoms with van der Waals surface area (Å²) in [6, 6.07) is 5.10. The molecule has 1 aromatic rings. The summed E-state index contributed by atoms with van der Waals surface area (Å²) in [6.45, 7) is 1.59. The van der Waals surface area contributed by atoms with Gasteiger partial charge in [-0.15, -0.1) is 25.6 Å². The summed E-state index contributed by atoms with van der Waals surface area (Å²) in [5, 5.41) is 3.16. The van der Waals surface area contributed by atoms with Crippen molar-refractivity contribution in [1.29, 1.82) is 0 Å². The van der Waals surface area contributed by atoms with Gasteiger partial charge < -0.3 is 10.1 Å². The highest BCUT2D eigenvalue weighted by molar-refractivity contribution is 5.98. The van der Waals surface area contributed by atoms with E-state index in [4.69, 9.17) is 0 Å². The third-order valence-corrected chi connectivity index (χ3v) is 3.08. The van der Waals surface area contributed by atoms with Gasteiger partial charge in [-0.05, 0) is 50.2 Å². The molecule has 1 N–H and O–H groups in total. The van der Waals surface area contributed by atoms with Crippen LogP contribution in [0.2, 0.25) is 0 Å². The first-order chi connectivity index (χ1) is 8.96. The van der Waals surface area contributed by atoms with E-state index in [2.05, 4.69) is 10.1 Å². The largest absolute Gasteiger partial charge is 0.573 e. The number of carbonyl (C=O) groups is 1. The fourth-order valence-corrected chi connectivity index (χ4v) is 2.14. The van der Waals surface area contributed by atoms with Gasteiger partial charge in [-0.2, -0.15) is 0 Å². The van der Waals surface area contributed by atoms with E-state index in [-0.39, 0.29) is 29.9 Å². The maximum Gasteiger partial charge on any atom is 0.573 e. The molecule has 0 bridgehead atoms. The smallest absolute Gasteiger partial charge is 0.406 e. The van der Waals surface area contributed by atoms with Gasteiger partial charge in [0.15, 0.2) is 5.78 Å². The first kappa shape index (κ1) is 16.8. The Kier molecular flexibility index (Phi) is 5.83. The van der Waals surface area contributed by atoms with Gasteiger partial charge in [-0.25, -0.2) is 0 Å². The topological polar surface area (TPSA) is 38.3 Å². The third-order valence-electron chi connectivity index (χ3n) is 3.08. The molecule has 1 heterocycles. The molecule has 7 heteroatoms. The van der Waals surface area contributed by atoms with Crippen LogP contribution >= 0.6 is 12.4 Å². The van der Waals surface area contributed by atoms with E-state index in [1.165, 1.54) is 24.3 Å². The molecule has 3 nitrogen and oxygen atoms in total. The Hall–Kier alpha value is -1.27. The molecule has 2 rings (SSSR count). The molecular formula is C13H15ClF3NO2. The zero-order chi connectivity index (χ0) is 13.9. The zero-order valence-electron chi connectivity index (χ0n) is 10.6. The van der Waals surface area contributed by atoms with Crippen LogP contribution in [0.1, 0.15) is 23.2 Å². The third kappa shape index (κ3) is 4.68. The van der Waals surface area contributed by atoms with Gasteiger partial charge in [-0.3, -0.25) is 4.79 Å². The monoisotopic (exact) mass is 309 g/mol. The van der Waals surface area contributed by atoms with E-state index in [9.17, 15) is 18.0 Å². The van der Waals surface area contributed by atoms with Crippen LogP contribution < -0.4 is 10.1 Å². The maximum absolute atomic E-state index is 12.1. The van der Waals surface area contributed by atoms with E-state index < -0.39 is 6.36 Å². The van der Waals surface area contributed by atoms with E-state index >= 15 is 0 Å². The molecule has 0 unspecified atom stereocenters. The van der Waals surface area contributed by atoms with Gasteiger partial charge in [-0.1, -0.05) is 0 Å². The standard InChI is InChI=1S/C13H14F3NO2.ClH/c14-13(15,16)19-11-3-1-9(2-4-11)12(18)10-5-7-17-8-6-10;/h1-4,10,17H,5-8H2;1H. The first-order valence-electron chi connectivity index (χ1n) is 6.06. The van der Waals surface area contributed by atoms with Crippen molar-refractivity contribution in [3.63, 3.8) is 0 Å². The van der Waals surface area contributed by atoms with Crippen molar-refractivity contribution in [2.24, 2.45) is 5.92 Å². The summed E-state index contributed by atoms with van der Waals surface area (Å²) >= 11 is 0. The summed E-state index contributed by atoms with van der Waals surface area (Å²) in [5.41, 5.74) is 0.432. The Labute approximate surface area is 120 Å². The second-order valence-electron chi connectivity index (χ2n) is 4.46. The van der Waals surface area contributed by atoms with Crippen molar-refractivity contribution in [2.75, 3.05) is 13.1 Å². The van der Waals surface area contributed by atoms with Crippen molar-refractivity contribution < 1.29 is 22.7 Å². The van der Waals surface area contributed by atoms with Crippen LogP contribution in [0.25, 0.3) is 0 Å². The molecule has 0 aromatic heterocycles. The number of Topliss-reactive ketones (excluding diaryl/α,β-unsaturated/α-hetero) is 1. The Bertz CT molecular complexity index is 442. The highest BCUT2D eigenvalue weighted by Crippen LogP contribution is 2.24. The highest BCUT2D eigenvalue weighted by atomic mass is 35.5. The van der Waals surface area contributed by atoms with Gasteiger partial charge >= 0.3 is 6.36 Å². The molecule has 0 aliphatic carbocycles. The van der Waals surface area contributed by atoms with Gasteiger partial charge in [0.05, 0.1) is 0 Å². The summed E-state index contributed by atoms with van der Waals surface area (Å²) < 4.78 is 39.7. The van der Waals surface area contributed by atoms with Crippen LogP contribution in [0.15, 0.2) is 24.3 Å². The lowest BCUT2D eigenvalue weighted by Crippen LogP contribution is -2.31. The predicted molar refractivity (Wildman–Crippen MR) is 70.3 cm³/mol. The van der Waals surface area contributed by atoms with Crippen molar-refractivity contribution in [3.05, 3.63) is 29.8 Å². The molecule has 0 atom stereocenters. The Morgan fingerprint density at radius 3 is 2.20 bits per heavy atom. The molecule has 0 radical (unpaired) electrons. The van der Waals surface area contributed by atoms with Crippen LogP contribution in [-0.2, 0) is 0 Å². The van der Waals surface area contributed by atoms with Gasteiger partial charge in [0.2, 0.25) is 0 Å². The minimum Gasteiger partial charge on any atom is -0.406 e. The average molecular weight is 310 g/mol. The average Bonchev–Trinajstić information content (AvgIpc) is 2.38. The number of hydrogen-bond acceptors (Lipinski definition) is 3. The molecule has 1 aliphatic rings. The number of alkyl halides is 3. The summed E-state index contributed by atoms with van der Waals surface area (Å²) in [5.74, 6) is -0.370. The number of ether oxygens (including phenoxy) is 1. The molecule has 1 aliphatic heterocycles. The fraction of sp³-hybridized carbons (Fsp3) is 0.462. The summed E-state index contributed by atoms with van der Waals surface area (Å²) in [6.07, 6.45) is -3.18. The molecule has 20 heavy (non-hydrogen) atoms. The maximum atomic E-state index is 12.1. The number of piperidine rings is 1. The normalized spacial score (nSPS) is 16.4. The minimum absolute atomic E-state index is 0.